The average Bonchev–Trinajstić information content (AvgIpc) is 2.51. The summed E-state index contributed by atoms with van der Waals surface area (Å²) in [7, 11) is 0. The summed E-state index contributed by atoms with van der Waals surface area (Å²) < 4.78 is 26.2. The van der Waals surface area contributed by atoms with Gasteiger partial charge in [-0.15, -0.1) is 0 Å². The van der Waals surface area contributed by atoms with Gasteiger partial charge in [-0.25, -0.2) is 8.78 Å². The fourth-order valence-corrected chi connectivity index (χ4v) is 2.60. The predicted molar refractivity (Wildman–Crippen MR) is 81.7 cm³/mol. The Morgan fingerprint density at radius 2 is 2.13 bits per heavy atom. The Bertz CT molecular complexity index is 580. The molecule has 2 amide bonds. The van der Waals surface area contributed by atoms with E-state index in [-0.39, 0.29) is 24.1 Å². The second-order valence-corrected chi connectivity index (χ2v) is 5.73. The average molecular weight is 325 g/mol. The number of carbonyl (C=O) groups is 2. The molecule has 0 radical (unpaired) electrons. The van der Waals surface area contributed by atoms with E-state index in [2.05, 4.69) is 5.32 Å². The lowest BCUT2D eigenvalue weighted by atomic mass is 10.1. The van der Waals surface area contributed by atoms with Gasteiger partial charge in [0.2, 0.25) is 5.91 Å². The highest BCUT2D eigenvalue weighted by Gasteiger charge is 2.20. The molecule has 1 fully saturated rings. The number of halogens is 2. The van der Waals surface area contributed by atoms with Crippen molar-refractivity contribution in [2.45, 2.75) is 31.7 Å². The zero-order chi connectivity index (χ0) is 16.8. The second-order valence-electron chi connectivity index (χ2n) is 5.73. The molecule has 1 atom stereocenters. The lowest BCUT2D eigenvalue weighted by Crippen LogP contribution is -2.45. The van der Waals surface area contributed by atoms with Gasteiger partial charge in [0.25, 0.3) is 5.91 Å². The number of benzene rings is 1. The van der Waals surface area contributed by atoms with Gasteiger partial charge >= 0.3 is 0 Å². The van der Waals surface area contributed by atoms with Crippen molar-refractivity contribution in [1.82, 2.24) is 10.2 Å². The first-order valence-electron chi connectivity index (χ1n) is 7.74. The number of nitrogens with two attached hydrogens (primary N) is 1. The second kappa shape index (κ2) is 8.01. The molecular formula is C16H21F2N3O2. The van der Waals surface area contributed by atoms with Crippen LogP contribution in [0.3, 0.4) is 0 Å². The highest BCUT2D eigenvalue weighted by Crippen LogP contribution is 2.11. The van der Waals surface area contributed by atoms with Crippen LogP contribution in [-0.4, -0.2) is 42.4 Å². The molecule has 5 nitrogen and oxygen atoms in total. The quantitative estimate of drug-likeness (QED) is 0.804. The van der Waals surface area contributed by atoms with E-state index in [1.165, 1.54) is 0 Å². The normalized spacial score (nSPS) is 17.9. The van der Waals surface area contributed by atoms with Crippen LogP contribution in [0.2, 0.25) is 0 Å². The lowest BCUT2D eigenvalue weighted by molar-refractivity contribution is -0.132. The Hall–Kier alpha value is -2.02. The van der Waals surface area contributed by atoms with Gasteiger partial charge in [-0.2, -0.15) is 0 Å². The van der Waals surface area contributed by atoms with Crippen LogP contribution in [0.5, 0.6) is 0 Å². The number of piperidine rings is 1. The number of rotatable bonds is 5. The first-order valence-corrected chi connectivity index (χ1v) is 7.74. The summed E-state index contributed by atoms with van der Waals surface area (Å²) in [6.07, 6.45) is 2.61. The van der Waals surface area contributed by atoms with E-state index in [0.29, 0.717) is 25.5 Å². The third kappa shape index (κ3) is 4.99. The van der Waals surface area contributed by atoms with E-state index >= 15 is 0 Å². The summed E-state index contributed by atoms with van der Waals surface area (Å²) in [6, 6.07) is 2.83. The number of carbonyl (C=O) groups excluding carboxylic acids is 2. The number of amides is 2. The SMILES string of the molecule is NC1CCCN(C(=O)CCCNC(=O)c2ccc(F)cc2F)C1. The van der Waals surface area contributed by atoms with Crippen molar-refractivity contribution >= 4 is 11.8 Å². The summed E-state index contributed by atoms with van der Waals surface area (Å²) in [5.74, 6) is -2.23. The number of nitrogens with one attached hydrogen (secondary N) is 1. The van der Waals surface area contributed by atoms with Crippen molar-refractivity contribution in [3.8, 4) is 0 Å². The Morgan fingerprint density at radius 3 is 2.83 bits per heavy atom. The van der Waals surface area contributed by atoms with Crippen LogP contribution in [-0.2, 0) is 4.79 Å². The monoisotopic (exact) mass is 325 g/mol. The van der Waals surface area contributed by atoms with Crippen molar-refractivity contribution in [2.24, 2.45) is 5.73 Å². The highest BCUT2D eigenvalue weighted by atomic mass is 19.1. The Balaban J connectivity index is 1.72. The highest BCUT2D eigenvalue weighted by molar-refractivity contribution is 5.94. The van der Waals surface area contributed by atoms with Crippen molar-refractivity contribution in [1.29, 1.82) is 0 Å². The first-order chi connectivity index (χ1) is 11.0. The number of nitrogens with zero attached hydrogens (tertiary/aromatic N) is 1. The third-order valence-corrected chi connectivity index (χ3v) is 3.84. The number of likely N-dealkylation sites (tertiary alicyclic amines) is 1. The third-order valence-electron chi connectivity index (χ3n) is 3.84. The molecule has 7 heteroatoms. The molecule has 0 aromatic heterocycles. The van der Waals surface area contributed by atoms with Crippen LogP contribution in [0.15, 0.2) is 18.2 Å². The van der Waals surface area contributed by atoms with Crippen LogP contribution in [0.1, 0.15) is 36.0 Å². The summed E-state index contributed by atoms with van der Waals surface area (Å²) in [5, 5.41) is 2.53. The molecule has 1 heterocycles. The number of hydrogen-bond donors (Lipinski definition) is 2. The minimum absolute atomic E-state index is 0.0161. The van der Waals surface area contributed by atoms with Crippen molar-refractivity contribution in [3.63, 3.8) is 0 Å². The summed E-state index contributed by atoms with van der Waals surface area (Å²) in [5.41, 5.74) is 5.62. The van der Waals surface area contributed by atoms with Crippen LogP contribution < -0.4 is 11.1 Å². The molecule has 1 saturated heterocycles. The first kappa shape index (κ1) is 17.3. The van der Waals surface area contributed by atoms with Gasteiger partial charge in [0.05, 0.1) is 5.56 Å². The van der Waals surface area contributed by atoms with Gasteiger partial charge < -0.3 is 16.0 Å². The zero-order valence-corrected chi connectivity index (χ0v) is 12.9. The fourth-order valence-electron chi connectivity index (χ4n) is 2.60. The van der Waals surface area contributed by atoms with E-state index in [1.807, 2.05) is 0 Å². The van der Waals surface area contributed by atoms with Gasteiger partial charge in [0.1, 0.15) is 11.6 Å². The molecule has 23 heavy (non-hydrogen) atoms. The summed E-state index contributed by atoms with van der Waals surface area (Å²) in [6.45, 7) is 1.55. The van der Waals surface area contributed by atoms with E-state index in [4.69, 9.17) is 5.73 Å². The largest absolute Gasteiger partial charge is 0.352 e. The zero-order valence-electron chi connectivity index (χ0n) is 12.9. The van der Waals surface area contributed by atoms with E-state index < -0.39 is 17.5 Å². The molecule has 0 saturated carbocycles. The Kier molecular flexibility index (Phi) is 6.04. The standard InChI is InChI=1S/C16H21F2N3O2/c17-11-5-6-13(14(18)9-11)16(23)20-7-1-4-15(22)21-8-2-3-12(19)10-21/h5-6,9,12H,1-4,7-8,10,19H2,(H,20,23). The lowest BCUT2D eigenvalue weighted by Gasteiger charge is -2.30. The van der Waals surface area contributed by atoms with Crippen LogP contribution in [0.4, 0.5) is 8.78 Å². The Labute approximate surface area is 133 Å². The summed E-state index contributed by atoms with van der Waals surface area (Å²) >= 11 is 0. The molecule has 1 aliphatic heterocycles. The van der Waals surface area contributed by atoms with Gasteiger partial charge in [0, 0.05) is 38.2 Å². The molecule has 2 rings (SSSR count). The molecule has 0 aliphatic carbocycles. The maximum absolute atomic E-state index is 13.4. The molecule has 0 spiro atoms. The minimum atomic E-state index is -0.902. The van der Waals surface area contributed by atoms with Crippen LogP contribution in [0.25, 0.3) is 0 Å². The topological polar surface area (TPSA) is 75.4 Å². The molecular weight excluding hydrogens is 304 g/mol. The Morgan fingerprint density at radius 1 is 1.35 bits per heavy atom. The predicted octanol–water partition coefficient (Wildman–Crippen LogP) is 1.42. The van der Waals surface area contributed by atoms with Gasteiger partial charge in [-0.3, -0.25) is 9.59 Å². The molecule has 126 valence electrons. The minimum Gasteiger partial charge on any atom is -0.352 e. The van der Waals surface area contributed by atoms with Crippen molar-refractivity contribution in [2.75, 3.05) is 19.6 Å². The molecule has 1 aromatic rings. The van der Waals surface area contributed by atoms with E-state index in [1.54, 1.807) is 4.90 Å². The summed E-state index contributed by atoms with van der Waals surface area (Å²) in [4.78, 5) is 25.5. The number of hydrogen-bond acceptors (Lipinski definition) is 3. The van der Waals surface area contributed by atoms with Gasteiger partial charge in [-0.1, -0.05) is 0 Å². The smallest absolute Gasteiger partial charge is 0.254 e. The van der Waals surface area contributed by atoms with Crippen molar-refractivity contribution < 1.29 is 18.4 Å². The maximum Gasteiger partial charge on any atom is 0.254 e. The molecule has 3 N–H and O–H groups in total. The van der Waals surface area contributed by atoms with Gasteiger partial charge in [-0.05, 0) is 31.4 Å². The van der Waals surface area contributed by atoms with E-state index in [9.17, 15) is 18.4 Å². The van der Waals surface area contributed by atoms with E-state index in [0.717, 1.165) is 31.5 Å². The van der Waals surface area contributed by atoms with Crippen LogP contribution >= 0.6 is 0 Å². The van der Waals surface area contributed by atoms with Crippen molar-refractivity contribution in [3.05, 3.63) is 35.4 Å². The fraction of sp³-hybridized carbons (Fsp3) is 0.500. The van der Waals surface area contributed by atoms with Crippen LogP contribution in [0, 0.1) is 11.6 Å². The molecule has 0 bridgehead atoms. The maximum atomic E-state index is 13.4. The molecule has 1 aromatic carbocycles. The molecule has 1 unspecified atom stereocenters. The molecule has 1 aliphatic rings. The van der Waals surface area contributed by atoms with Gasteiger partial charge in [0.15, 0.2) is 0 Å².